The fourth-order valence-electron chi connectivity index (χ4n) is 1.61. The minimum atomic E-state index is -0.229. The third kappa shape index (κ3) is 15.7. The first-order valence-corrected chi connectivity index (χ1v) is 8.76. The molecular formula is C17H32N2O6. The van der Waals surface area contributed by atoms with Crippen molar-refractivity contribution in [2.24, 2.45) is 5.92 Å². The summed E-state index contributed by atoms with van der Waals surface area (Å²) in [5.74, 6) is -0.139. The smallest absolute Gasteiger partial charge is 0.246 e. The monoisotopic (exact) mass is 360 g/mol. The van der Waals surface area contributed by atoms with E-state index in [4.69, 9.17) is 14.2 Å². The van der Waals surface area contributed by atoms with Crippen LogP contribution in [0.5, 0.6) is 0 Å². The molecule has 0 saturated heterocycles. The summed E-state index contributed by atoms with van der Waals surface area (Å²) in [4.78, 5) is 33.8. The van der Waals surface area contributed by atoms with E-state index in [1.54, 1.807) is 0 Å². The Morgan fingerprint density at radius 2 is 1.44 bits per heavy atom. The maximum Gasteiger partial charge on any atom is 0.246 e. The van der Waals surface area contributed by atoms with E-state index in [9.17, 15) is 14.4 Å². The largest absolute Gasteiger partial charge is 0.379 e. The molecule has 0 bridgehead atoms. The number of carbonyl (C=O) groups is 3. The number of nitrogens with one attached hydrogen (secondary N) is 2. The molecule has 0 aliphatic rings. The summed E-state index contributed by atoms with van der Waals surface area (Å²) in [6.45, 7) is 8.11. The molecule has 0 aromatic carbocycles. The molecule has 2 N–H and O–H groups in total. The molecule has 8 nitrogen and oxygen atoms in total. The van der Waals surface area contributed by atoms with Gasteiger partial charge in [-0.15, -0.1) is 0 Å². The van der Waals surface area contributed by atoms with E-state index in [1.807, 2.05) is 20.8 Å². The highest BCUT2D eigenvalue weighted by Crippen LogP contribution is 1.90. The van der Waals surface area contributed by atoms with Crippen molar-refractivity contribution >= 4 is 17.6 Å². The Kier molecular flexibility index (Phi) is 15.0. The summed E-state index contributed by atoms with van der Waals surface area (Å²) < 4.78 is 15.7. The molecule has 0 spiro atoms. The van der Waals surface area contributed by atoms with E-state index in [-0.39, 0.29) is 30.1 Å². The van der Waals surface area contributed by atoms with E-state index in [0.29, 0.717) is 59.0 Å². The Labute approximate surface area is 150 Å². The molecule has 0 atom stereocenters. The van der Waals surface area contributed by atoms with Crippen LogP contribution in [0.4, 0.5) is 0 Å². The van der Waals surface area contributed by atoms with Crippen LogP contribution < -0.4 is 10.6 Å². The van der Waals surface area contributed by atoms with E-state index in [1.165, 1.54) is 0 Å². The summed E-state index contributed by atoms with van der Waals surface area (Å²) in [6.07, 6.45) is 0.976. The Hall–Kier alpha value is -1.51. The lowest BCUT2D eigenvalue weighted by atomic mass is 10.2. The minimum Gasteiger partial charge on any atom is -0.379 e. The summed E-state index contributed by atoms with van der Waals surface area (Å²) in [7, 11) is 0. The molecule has 146 valence electrons. The number of carbonyl (C=O) groups excluding carboxylic acids is 3. The first-order valence-electron chi connectivity index (χ1n) is 8.76. The van der Waals surface area contributed by atoms with Crippen molar-refractivity contribution in [1.82, 2.24) is 10.6 Å². The summed E-state index contributed by atoms with van der Waals surface area (Å²) in [5.41, 5.74) is 0. The summed E-state index contributed by atoms with van der Waals surface area (Å²) in [5, 5.41) is 5.36. The lowest BCUT2D eigenvalue weighted by molar-refractivity contribution is -0.126. The zero-order chi connectivity index (χ0) is 18.9. The molecular weight excluding hydrogens is 328 g/mol. The van der Waals surface area contributed by atoms with Crippen molar-refractivity contribution < 1.29 is 28.6 Å². The molecule has 0 aliphatic heterocycles. The van der Waals surface area contributed by atoms with Crippen molar-refractivity contribution in [1.29, 1.82) is 0 Å². The molecule has 0 aliphatic carbocycles. The van der Waals surface area contributed by atoms with Crippen LogP contribution in [0.2, 0.25) is 0 Å². The van der Waals surface area contributed by atoms with Gasteiger partial charge in [0.2, 0.25) is 11.8 Å². The number of rotatable bonds is 16. The van der Waals surface area contributed by atoms with Gasteiger partial charge in [0.25, 0.3) is 0 Å². The van der Waals surface area contributed by atoms with Crippen molar-refractivity contribution in [3.63, 3.8) is 0 Å². The van der Waals surface area contributed by atoms with Crippen LogP contribution in [0.1, 0.15) is 33.6 Å². The van der Waals surface area contributed by atoms with Gasteiger partial charge in [0.05, 0.1) is 33.0 Å². The average molecular weight is 360 g/mol. The number of Topliss-reactive ketones (excluding diaryl/α,β-unsaturated/α-hetero) is 1. The second-order valence-electron chi connectivity index (χ2n) is 5.72. The van der Waals surface area contributed by atoms with E-state index < -0.39 is 0 Å². The molecule has 0 rings (SSSR count). The van der Waals surface area contributed by atoms with E-state index in [2.05, 4.69) is 10.6 Å². The highest BCUT2D eigenvalue weighted by Gasteiger charge is 2.05. The molecule has 2 amide bonds. The normalized spacial score (nSPS) is 10.7. The molecule has 0 saturated carbocycles. The number of ether oxygens (including phenoxy) is 3. The van der Waals surface area contributed by atoms with Gasteiger partial charge in [-0.05, 0) is 0 Å². The fraction of sp³-hybridized carbons (Fsp3) is 0.824. The van der Waals surface area contributed by atoms with Gasteiger partial charge in [-0.25, -0.2) is 0 Å². The Morgan fingerprint density at radius 1 is 0.840 bits per heavy atom. The molecule has 25 heavy (non-hydrogen) atoms. The first kappa shape index (κ1) is 23.5. The predicted molar refractivity (Wildman–Crippen MR) is 93.2 cm³/mol. The molecule has 0 fully saturated rings. The highest BCUT2D eigenvalue weighted by molar-refractivity contribution is 5.78. The Balaban J connectivity index is 3.31. The highest BCUT2D eigenvalue weighted by atomic mass is 16.5. The molecule has 8 heteroatoms. The quantitative estimate of drug-likeness (QED) is 0.384. The third-order valence-corrected chi connectivity index (χ3v) is 3.16. The third-order valence-electron chi connectivity index (χ3n) is 3.16. The lowest BCUT2D eigenvalue weighted by Gasteiger charge is -2.09. The SMILES string of the molecule is CCC(=O)CCOCCOCCNC(=O)COCCNC(=O)C(C)C. The van der Waals surface area contributed by atoms with Crippen LogP contribution >= 0.6 is 0 Å². The number of hydrogen-bond donors (Lipinski definition) is 2. The second-order valence-corrected chi connectivity index (χ2v) is 5.72. The lowest BCUT2D eigenvalue weighted by Crippen LogP contribution is -2.33. The molecule has 0 radical (unpaired) electrons. The van der Waals surface area contributed by atoms with Gasteiger partial charge in [-0.3, -0.25) is 14.4 Å². The van der Waals surface area contributed by atoms with Crippen LogP contribution in [-0.2, 0) is 28.6 Å². The van der Waals surface area contributed by atoms with Gasteiger partial charge in [0.1, 0.15) is 12.4 Å². The minimum absolute atomic E-state index is 0.0360. The van der Waals surface area contributed by atoms with Crippen LogP contribution in [0.15, 0.2) is 0 Å². The maximum atomic E-state index is 11.5. The zero-order valence-electron chi connectivity index (χ0n) is 15.6. The van der Waals surface area contributed by atoms with Crippen molar-refractivity contribution in [3.8, 4) is 0 Å². The molecule has 0 unspecified atom stereocenters. The van der Waals surface area contributed by atoms with Crippen LogP contribution in [0.3, 0.4) is 0 Å². The van der Waals surface area contributed by atoms with Gasteiger partial charge in [0.15, 0.2) is 0 Å². The zero-order valence-corrected chi connectivity index (χ0v) is 15.6. The predicted octanol–water partition coefficient (Wildman–Crippen LogP) is 0.294. The van der Waals surface area contributed by atoms with E-state index >= 15 is 0 Å². The van der Waals surface area contributed by atoms with Crippen molar-refractivity contribution in [2.45, 2.75) is 33.6 Å². The fourth-order valence-corrected chi connectivity index (χ4v) is 1.61. The summed E-state index contributed by atoms with van der Waals surface area (Å²) >= 11 is 0. The molecule has 0 heterocycles. The van der Waals surface area contributed by atoms with Gasteiger partial charge in [-0.1, -0.05) is 20.8 Å². The number of amides is 2. The van der Waals surface area contributed by atoms with Gasteiger partial charge < -0.3 is 24.8 Å². The Morgan fingerprint density at radius 3 is 2.08 bits per heavy atom. The van der Waals surface area contributed by atoms with Gasteiger partial charge >= 0.3 is 0 Å². The maximum absolute atomic E-state index is 11.5. The van der Waals surface area contributed by atoms with Gasteiger partial charge in [-0.2, -0.15) is 0 Å². The topological polar surface area (TPSA) is 103 Å². The molecule has 0 aromatic heterocycles. The van der Waals surface area contributed by atoms with Crippen molar-refractivity contribution in [2.75, 3.05) is 52.7 Å². The number of hydrogen-bond acceptors (Lipinski definition) is 6. The van der Waals surface area contributed by atoms with Crippen LogP contribution in [-0.4, -0.2) is 70.3 Å². The van der Waals surface area contributed by atoms with Crippen LogP contribution in [0.25, 0.3) is 0 Å². The summed E-state index contributed by atoms with van der Waals surface area (Å²) in [6, 6.07) is 0. The molecule has 0 aromatic rings. The van der Waals surface area contributed by atoms with E-state index in [0.717, 1.165) is 0 Å². The standard InChI is InChI=1S/C17H32N2O6/c1-4-15(20)5-8-23-11-12-24-9-6-18-16(21)13-25-10-7-19-17(22)14(2)3/h14H,4-13H2,1-3H3,(H,18,21)(H,19,22). The average Bonchev–Trinajstić information content (AvgIpc) is 2.59. The second kappa shape index (κ2) is 16.0. The van der Waals surface area contributed by atoms with Gasteiger partial charge in [0, 0.05) is 31.8 Å². The number of ketones is 1. The van der Waals surface area contributed by atoms with Crippen molar-refractivity contribution in [3.05, 3.63) is 0 Å². The first-order chi connectivity index (χ1) is 12.0. The Bertz CT molecular complexity index is 387. The van der Waals surface area contributed by atoms with Crippen LogP contribution in [0, 0.1) is 5.92 Å².